The van der Waals surface area contributed by atoms with Crippen LogP contribution in [0.5, 0.6) is 0 Å². The second-order valence-electron chi connectivity index (χ2n) is 3.37. The van der Waals surface area contributed by atoms with Crippen LogP contribution < -0.4 is 0 Å². The van der Waals surface area contributed by atoms with Gasteiger partial charge in [-0.2, -0.15) is 0 Å². The van der Waals surface area contributed by atoms with Gasteiger partial charge in [-0.05, 0) is 27.2 Å². The van der Waals surface area contributed by atoms with Crippen molar-refractivity contribution in [2.24, 2.45) is 5.41 Å². The van der Waals surface area contributed by atoms with Crippen LogP contribution in [0.15, 0.2) is 0 Å². The van der Waals surface area contributed by atoms with Gasteiger partial charge in [-0.15, -0.1) is 0 Å². The van der Waals surface area contributed by atoms with Crippen molar-refractivity contribution in [1.29, 1.82) is 0 Å². The van der Waals surface area contributed by atoms with Crippen molar-refractivity contribution in [3.05, 3.63) is 0 Å². The Kier molecular flexibility index (Phi) is 4.24. The van der Waals surface area contributed by atoms with E-state index in [4.69, 9.17) is 4.74 Å². The van der Waals surface area contributed by atoms with E-state index >= 15 is 0 Å². The average Bonchev–Trinajstić information content (AvgIpc) is 2.03. The number of hydrogen-bond acceptors (Lipinski definition) is 3. The number of esters is 1. The summed E-state index contributed by atoms with van der Waals surface area (Å²) in [5.74, 6) is -0.334. The van der Waals surface area contributed by atoms with Crippen LogP contribution in [0, 0.1) is 5.41 Å². The van der Waals surface area contributed by atoms with Gasteiger partial charge in [0.1, 0.15) is 0 Å². The lowest BCUT2D eigenvalue weighted by Gasteiger charge is -2.26. The first-order valence-corrected chi connectivity index (χ1v) is 4.32. The number of aliphatic hydroxyl groups is 1. The Balaban J connectivity index is 4.27. The normalized spacial score (nSPS) is 14.1. The summed E-state index contributed by atoms with van der Waals surface area (Å²) in [6.07, 6.45) is -0.0669. The van der Waals surface area contributed by atoms with Gasteiger partial charge in [0, 0.05) is 0 Å². The zero-order valence-corrected chi connectivity index (χ0v) is 8.26. The minimum atomic E-state index is -0.787. The molecule has 0 aromatic heterocycles. The van der Waals surface area contributed by atoms with E-state index in [0.717, 1.165) is 0 Å². The molecule has 0 aliphatic heterocycles. The first-order valence-electron chi connectivity index (χ1n) is 4.32. The van der Waals surface area contributed by atoms with Crippen molar-refractivity contribution in [3.8, 4) is 0 Å². The average molecular weight is 174 g/mol. The van der Waals surface area contributed by atoms with Gasteiger partial charge in [-0.1, -0.05) is 6.92 Å². The highest BCUT2D eigenvalue weighted by Crippen LogP contribution is 2.24. The van der Waals surface area contributed by atoms with E-state index in [2.05, 4.69) is 0 Å². The van der Waals surface area contributed by atoms with Gasteiger partial charge in [0.15, 0.2) is 0 Å². The molecule has 0 rings (SSSR count). The van der Waals surface area contributed by atoms with Crippen LogP contribution in [0.1, 0.15) is 34.1 Å². The summed E-state index contributed by atoms with van der Waals surface area (Å²) in [7, 11) is 0. The Hall–Kier alpha value is -0.570. The van der Waals surface area contributed by atoms with Gasteiger partial charge in [-0.3, -0.25) is 4.79 Å². The zero-order chi connectivity index (χ0) is 9.78. The molecule has 0 aromatic carbocycles. The van der Waals surface area contributed by atoms with E-state index in [0.29, 0.717) is 13.0 Å². The summed E-state index contributed by atoms with van der Waals surface area (Å²) in [6.45, 7) is 7.34. The van der Waals surface area contributed by atoms with Crippen molar-refractivity contribution in [3.63, 3.8) is 0 Å². The quantitative estimate of drug-likeness (QED) is 0.654. The van der Waals surface area contributed by atoms with Gasteiger partial charge in [0.2, 0.25) is 0 Å². The summed E-state index contributed by atoms with van der Waals surface area (Å²) in [5.41, 5.74) is -0.787. The van der Waals surface area contributed by atoms with Gasteiger partial charge in [-0.25, -0.2) is 0 Å². The molecule has 1 atom stereocenters. The van der Waals surface area contributed by atoms with Crippen LogP contribution in [0.4, 0.5) is 0 Å². The highest BCUT2D eigenvalue weighted by atomic mass is 16.5. The molecule has 0 bridgehead atoms. The van der Waals surface area contributed by atoms with Crippen LogP contribution in [0.25, 0.3) is 0 Å². The second-order valence-corrected chi connectivity index (χ2v) is 3.37. The van der Waals surface area contributed by atoms with E-state index < -0.39 is 11.5 Å². The van der Waals surface area contributed by atoms with Crippen molar-refractivity contribution >= 4 is 5.97 Å². The molecule has 3 heteroatoms. The molecule has 1 unspecified atom stereocenters. The first kappa shape index (κ1) is 11.4. The van der Waals surface area contributed by atoms with Crippen LogP contribution >= 0.6 is 0 Å². The van der Waals surface area contributed by atoms with Crippen LogP contribution in [-0.2, 0) is 9.53 Å². The highest BCUT2D eigenvalue weighted by molar-refractivity contribution is 5.76. The van der Waals surface area contributed by atoms with Crippen LogP contribution in [-0.4, -0.2) is 23.8 Å². The Bertz CT molecular complexity index is 152. The third-order valence-corrected chi connectivity index (χ3v) is 2.02. The summed E-state index contributed by atoms with van der Waals surface area (Å²) in [6, 6.07) is 0. The third kappa shape index (κ3) is 2.48. The number of aliphatic hydroxyl groups excluding tert-OH is 1. The molecule has 1 N–H and O–H groups in total. The topological polar surface area (TPSA) is 46.5 Å². The Labute approximate surface area is 73.7 Å². The molecule has 12 heavy (non-hydrogen) atoms. The summed E-state index contributed by atoms with van der Waals surface area (Å²) in [5, 5.41) is 9.48. The summed E-state index contributed by atoms with van der Waals surface area (Å²) >= 11 is 0. The summed E-state index contributed by atoms with van der Waals surface area (Å²) < 4.78 is 4.83. The predicted molar refractivity (Wildman–Crippen MR) is 46.7 cm³/mol. The van der Waals surface area contributed by atoms with Crippen molar-refractivity contribution in [2.45, 2.75) is 40.2 Å². The predicted octanol–water partition coefficient (Wildman–Crippen LogP) is 1.35. The molecule has 3 nitrogen and oxygen atoms in total. The maximum Gasteiger partial charge on any atom is 0.314 e. The highest BCUT2D eigenvalue weighted by Gasteiger charge is 2.35. The maximum atomic E-state index is 11.3. The molecule has 0 radical (unpaired) electrons. The standard InChI is InChI=1S/C9H18O3/c1-5-7(10)9(3,4)8(11)12-6-2/h7,10H,5-6H2,1-4H3. The van der Waals surface area contributed by atoms with E-state index in [1.807, 2.05) is 6.92 Å². The van der Waals surface area contributed by atoms with Crippen molar-refractivity contribution < 1.29 is 14.6 Å². The van der Waals surface area contributed by atoms with Gasteiger partial charge in [0.05, 0.1) is 18.1 Å². The molecule has 0 saturated carbocycles. The van der Waals surface area contributed by atoms with Crippen LogP contribution in [0.2, 0.25) is 0 Å². The minimum absolute atomic E-state index is 0.334. The zero-order valence-electron chi connectivity index (χ0n) is 8.26. The molecule has 0 aliphatic carbocycles. The van der Waals surface area contributed by atoms with Gasteiger partial charge < -0.3 is 9.84 Å². The fourth-order valence-electron chi connectivity index (χ4n) is 0.963. The van der Waals surface area contributed by atoms with E-state index in [1.165, 1.54) is 0 Å². The number of carbonyl (C=O) groups is 1. The molecule has 0 aromatic rings. The van der Waals surface area contributed by atoms with Gasteiger partial charge in [0.25, 0.3) is 0 Å². The van der Waals surface area contributed by atoms with Crippen LogP contribution in [0.3, 0.4) is 0 Å². The number of ether oxygens (including phenoxy) is 1. The Morgan fingerprint density at radius 1 is 1.50 bits per heavy atom. The summed E-state index contributed by atoms with van der Waals surface area (Å²) in [4.78, 5) is 11.3. The molecule has 72 valence electrons. The molecule has 0 amide bonds. The molecule has 0 spiro atoms. The SMILES string of the molecule is CCOC(=O)C(C)(C)C(O)CC. The third-order valence-electron chi connectivity index (χ3n) is 2.02. The first-order chi connectivity index (χ1) is 5.46. The monoisotopic (exact) mass is 174 g/mol. The molecule has 0 fully saturated rings. The van der Waals surface area contributed by atoms with Gasteiger partial charge >= 0.3 is 5.97 Å². The largest absolute Gasteiger partial charge is 0.466 e. The van der Waals surface area contributed by atoms with Crippen molar-refractivity contribution in [2.75, 3.05) is 6.61 Å². The lowest BCUT2D eigenvalue weighted by atomic mass is 9.85. The second kappa shape index (κ2) is 4.45. The van der Waals surface area contributed by atoms with E-state index in [9.17, 15) is 9.90 Å². The smallest absolute Gasteiger partial charge is 0.314 e. The number of hydrogen-bond donors (Lipinski definition) is 1. The molecular formula is C9H18O3. The number of rotatable bonds is 4. The Morgan fingerprint density at radius 2 is 2.00 bits per heavy atom. The molecular weight excluding hydrogens is 156 g/mol. The minimum Gasteiger partial charge on any atom is -0.466 e. The number of carbonyl (C=O) groups excluding carboxylic acids is 1. The lowest BCUT2D eigenvalue weighted by molar-refractivity contribution is -0.160. The molecule has 0 saturated heterocycles. The molecule has 0 aliphatic rings. The van der Waals surface area contributed by atoms with Crippen molar-refractivity contribution in [1.82, 2.24) is 0 Å². The maximum absolute atomic E-state index is 11.3. The Morgan fingerprint density at radius 3 is 2.33 bits per heavy atom. The van der Waals surface area contributed by atoms with E-state index in [1.54, 1.807) is 20.8 Å². The molecule has 0 heterocycles. The fourth-order valence-corrected chi connectivity index (χ4v) is 0.963. The van der Waals surface area contributed by atoms with E-state index in [-0.39, 0.29) is 5.97 Å². The fraction of sp³-hybridized carbons (Fsp3) is 0.889. The lowest BCUT2D eigenvalue weighted by Crippen LogP contribution is -2.38.